The van der Waals surface area contributed by atoms with Crippen LogP contribution in [0.15, 0.2) is 91.0 Å². The van der Waals surface area contributed by atoms with Gasteiger partial charge in [-0.15, -0.1) is 0 Å². The maximum absolute atomic E-state index is 12.6. The summed E-state index contributed by atoms with van der Waals surface area (Å²) in [4.78, 5) is 37.7. The third-order valence-electron chi connectivity index (χ3n) is 4.81. The van der Waals surface area contributed by atoms with Gasteiger partial charge in [0.05, 0.1) is 23.3 Å². The summed E-state index contributed by atoms with van der Waals surface area (Å²) in [6, 6.07) is 25.1. The molecule has 1 heterocycles. The van der Waals surface area contributed by atoms with E-state index in [4.69, 9.17) is 18.9 Å². The van der Waals surface area contributed by atoms with Crippen LogP contribution in [-0.2, 0) is 18.9 Å². The molecule has 3 aromatic rings. The van der Waals surface area contributed by atoms with Gasteiger partial charge in [0.2, 0.25) is 12.4 Å². The van der Waals surface area contributed by atoms with Gasteiger partial charge in [0, 0.05) is 0 Å². The molecule has 3 unspecified atom stereocenters. The first-order chi connectivity index (χ1) is 15.6. The molecule has 7 nitrogen and oxygen atoms in total. The predicted molar refractivity (Wildman–Crippen MR) is 113 cm³/mol. The molecular weight excluding hydrogens is 412 g/mol. The Hall–Kier alpha value is -3.97. The molecule has 162 valence electrons. The number of hydrogen-bond acceptors (Lipinski definition) is 7. The molecule has 0 saturated carbocycles. The standard InChI is InChI=1S/C25H20O7/c26-22(17-10-4-1-5-11-17)30-20-16-29-25(32-24(28)19-14-8-3-9-15-19)21(20)31-23(27)18-12-6-2-7-13-18/h1-15,20-21,25H,16H2. The lowest BCUT2D eigenvalue weighted by Gasteiger charge is -2.23. The van der Waals surface area contributed by atoms with Gasteiger partial charge in [-0.25, -0.2) is 14.4 Å². The van der Waals surface area contributed by atoms with Crippen molar-refractivity contribution >= 4 is 17.9 Å². The van der Waals surface area contributed by atoms with Crippen LogP contribution in [-0.4, -0.2) is 43.0 Å². The molecule has 4 rings (SSSR count). The van der Waals surface area contributed by atoms with Crippen molar-refractivity contribution in [3.05, 3.63) is 108 Å². The number of rotatable bonds is 6. The van der Waals surface area contributed by atoms with Gasteiger partial charge in [-0.3, -0.25) is 0 Å². The Morgan fingerprint density at radius 2 is 1.00 bits per heavy atom. The van der Waals surface area contributed by atoms with E-state index in [9.17, 15) is 14.4 Å². The topological polar surface area (TPSA) is 88.1 Å². The predicted octanol–water partition coefficient (Wildman–Crippen LogP) is 3.65. The van der Waals surface area contributed by atoms with E-state index in [1.165, 1.54) is 0 Å². The number of ether oxygens (including phenoxy) is 4. The first-order valence-corrected chi connectivity index (χ1v) is 10.0. The number of benzene rings is 3. The van der Waals surface area contributed by atoms with E-state index in [2.05, 4.69) is 0 Å². The minimum Gasteiger partial charge on any atom is -0.452 e. The minimum absolute atomic E-state index is 0.0992. The van der Waals surface area contributed by atoms with Crippen molar-refractivity contribution in [2.75, 3.05) is 6.61 Å². The Morgan fingerprint density at radius 1 is 0.594 bits per heavy atom. The van der Waals surface area contributed by atoms with Crippen LogP contribution >= 0.6 is 0 Å². The van der Waals surface area contributed by atoms with Gasteiger partial charge < -0.3 is 18.9 Å². The average molecular weight is 432 g/mol. The zero-order valence-corrected chi connectivity index (χ0v) is 17.0. The van der Waals surface area contributed by atoms with Crippen molar-refractivity contribution in [2.24, 2.45) is 0 Å². The lowest BCUT2D eigenvalue weighted by atomic mass is 10.2. The molecule has 0 spiro atoms. The summed E-state index contributed by atoms with van der Waals surface area (Å²) in [5.74, 6) is -1.90. The lowest BCUT2D eigenvalue weighted by Crippen LogP contribution is -2.40. The van der Waals surface area contributed by atoms with Crippen molar-refractivity contribution in [1.29, 1.82) is 0 Å². The van der Waals surface area contributed by atoms with Crippen LogP contribution in [0.25, 0.3) is 0 Å². The number of carbonyl (C=O) groups excluding carboxylic acids is 3. The normalized spacial score (nSPS) is 19.7. The van der Waals surface area contributed by atoms with Crippen molar-refractivity contribution < 1.29 is 33.3 Å². The van der Waals surface area contributed by atoms with E-state index in [1.54, 1.807) is 91.0 Å². The van der Waals surface area contributed by atoms with Gasteiger partial charge in [0.1, 0.15) is 0 Å². The number of hydrogen-bond donors (Lipinski definition) is 0. The van der Waals surface area contributed by atoms with Gasteiger partial charge in [-0.1, -0.05) is 54.6 Å². The lowest BCUT2D eigenvalue weighted by molar-refractivity contribution is -0.125. The second-order valence-electron chi connectivity index (χ2n) is 7.02. The average Bonchev–Trinajstić information content (AvgIpc) is 3.21. The van der Waals surface area contributed by atoms with Crippen LogP contribution in [0.2, 0.25) is 0 Å². The Balaban J connectivity index is 1.52. The van der Waals surface area contributed by atoms with Gasteiger partial charge in [-0.05, 0) is 36.4 Å². The van der Waals surface area contributed by atoms with Crippen LogP contribution < -0.4 is 0 Å². The maximum Gasteiger partial charge on any atom is 0.340 e. The fourth-order valence-corrected chi connectivity index (χ4v) is 3.18. The second kappa shape index (κ2) is 9.89. The molecule has 0 aliphatic carbocycles. The van der Waals surface area contributed by atoms with Crippen molar-refractivity contribution in [3.8, 4) is 0 Å². The summed E-state index contributed by atoms with van der Waals surface area (Å²) in [6.45, 7) is -0.0992. The highest BCUT2D eigenvalue weighted by molar-refractivity contribution is 5.91. The van der Waals surface area contributed by atoms with E-state index in [0.29, 0.717) is 16.7 Å². The van der Waals surface area contributed by atoms with Crippen LogP contribution in [0, 0.1) is 0 Å². The van der Waals surface area contributed by atoms with E-state index in [0.717, 1.165) is 0 Å². The van der Waals surface area contributed by atoms with Gasteiger partial charge in [0.25, 0.3) is 0 Å². The molecule has 3 aromatic carbocycles. The van der Waals surface area contributed by atoms with Crippen LogP contribution in [0.1, 0.15) is 31.1 Å². The molecule has 1 saturated heterocycles. The fraction of sp³-hybridized carbons (Fsp3) is 0.160. The quantitative estimate of drug-likeness (QED) is 0.434. The molecule has 0 amide bonds. The van der Waals surface area contributed by atoms with Gasteiger partial charge in [-0.2, -0.15) is 0 Å². The Kier molecular flexibility index (Phi) is 6.57. The second-order valence-corrected chi connectivity index (χ2v) is 7.02. The van der Waals surface area contributed by atoms with Crippen LogP contribution in [0.4, 0.5) is 0 Å². The molecule has 0 N–H and O–H groups in total. The number of esters is 3. The Bertz CT molecular complexity index is 1010. The monoisotopic (exact) mass is 432 g/mol. The molecular formula is C25H20O7. The summed E-state index contributed by atoms with van der Waals surface area (Å²) in [5, 5.41) is 0. The highest BCUT2D eigenvalue weighted by Gasteiger charge is 2.45. The summed E-state index contributed by atoms with van der Waals surface area (Å²) >= 11 is 0. The van der Waals surface area contributed by atoms with E-state index in [-0.39, 0.29) is 6.61 Å². The fourth-order valence-electron chi connectivity index (χ4n) is 3.18. The smallest absolute Gasteiger partial charge is 0.340 e. The first kappa shape index (κ1) is 21.3. The summed E-state index contributed by atoms with van der Waals surface area (Å²) in [7, 11) is 0. The zero-order valence-electron chi connectivity index (χ0n) is 17.0. The van der Waals surface area contributed by atoms with Crippen molar-refractivity contribution in [3.63, 3.8) is 0 Å². The van der Waals surface area contributed by atoms with E-state index >= 15 is 0 Å². The van der Waals surface area contributed by atoms with Crippen LogP contribution in [0.5, 0.6) is 0 Å². The third-order valence-corrected chi connectivity index (χ3v) is 4.81. The van der Waals surface area contributed by atoms with Crippen molar-refractivity contribution in [2.45, 2.75) is 18.5 Å². The summed E-state index contributed by atoms with van der Waals surface area (Å²) < 4.78 is 22.1. The molecule has 32 heavy (non-hydrogen) atoms. The van der Waals surface area contributed by atoms with Crippen molar-refractivity contribution in [1.82, 2.24) is 0 Å². The molecule has 3 atom stereocenters. The molecule has 0 aromatic heterocycles. The summed E-state index contributed by atoms with van der Waals surface area (Å²) in [5.41, 5.74) is 0.958. The SMILES string of the molecule is O=C(OC1COC(OC(=O)c2ccccc2)C1OC(=O)c1ccccc1)c1ccccc1. The highest BCUT2D eigenvalue weighted by Crippen LogP contribution is 2.25. The molecule has 1 fully saturated rings. The molecule has 1 aliphatic heterocycles. The molecule has 1 aliphatic rings. The zero-order chi connectivity index (χ0) is 22.3. The highest BCUT2D eigenvalue weighted by atomic mass is 16.7. The molecule has 0 bridgehead atoms. The Morgan fingerprint density at radius 3 is 1.47 bits per heavy atom. The Labute approximate surface area is 184 Å². The first-order valence-electron chi connectivity index (χ1n) is 10.0. The van der Waals surface area contributed by atoms with Crippen LogP contribution in [0.3, 0.4) is 0 Å². The number of carbonyl (C=O) groups is 3. The molecule has 0 radical (unpaired) electrons. The molecule has 7 heteroatoms. The van der Waals surface area contributed by atoms with E-state index in [1.807, 2.05) is 0 Å². The third kappa shape index (κ3) is 5.01. The van der Waals surface area contributed by atoms with Gasteiger partial charge >= 0.3 is 17.9 Å². The largest absolute Gasteiger partial charge is 0.452 e. The van der Waals surface area contributed by atoms with E-state index < -0.39 is 36.4 Å². The summed E-state index contributed by atoms with van der Waals surface area (Å²) in [6.07, 6.45) is -3.32. The maximum atomic E-state index is 12.6. The van der Waals surface area contributed by atoms with Gasteiger partial charge in [0.15, 0.2) is 6.10 Å². The minimum atomic E-state index is -1.23.